The maximum atomic E-state index is 12.0. The summed E-state index contributed by atoms with van der Waals surface area (Å²) in [6.45, 7) is 2.67. The second-order valence-electron chi connectivity index (χ2n) is 7.97. The van der Waals surface area contributed by atoms with E-state index in [2.05, 4.69) is 16.9 Å². The molecule has 1 aromatic heterocycles. The largest absolute Gasteiger partial charge is 0.453 e. The summed E-state index contributed by atoms with van der Waals surface area (Å²) < 4.78 is 11.2. The van der Waals surface area contributed by atoms with Crippen molar-refractivity contribution in [1.29, 1.82) is 0 Å². The minimum atomic E-state index is -0.242. The van der Waals surface area contributed by atoms with Crippen LogP contribution in [0.3, 0.4) is 0 Å². The van der Waals surface area contributed by atoms with Gasteiger partial charge in [-0.2, -0.15) is 0 Å². The lowest BCUT2D eigenvalue weighted by Gasteiger charge is -2.31. The SMILES string of the molecule is COC(=O)N1C(C)CCC1COC1CCC2(c3ncc(Cl)cn3)CC2C1. The van der Waals surface area contributed by atoms with Crippen LogP contribution in [0.25, 0.3) is 0 Å². The van der Waals surface area contributed by atoms with Crippen LogP contribution in [0.15, 0.2) is 12.4 Å². The zero-order valence-electron chi connectivity index (χ0n) is 15.4. The Balaban J connectivity index is 1.31. The molecule has 3 aliphatic rings. The highest BCUT2D eigenvalue weighted by Gasteiger charge is 2.59. The Morgan fingerprint density at radius 1 is 1.35 bits per heavy atom. The predicted molar refractivity (Wildman–Crippen MR) is 97.1 cm³/mol. The van der Waals surface area contributed by atoms with E-state index >= 15 is 0 Å². The van der Waals surface area contributed by atoms with E-state index in [-0.39, 0.29) is 29.7 Å². The standard InChI is InChI=1S/C19H26ClN3O3/c1-12-3-4-15(23(12)18(24)25-2)11-26-16-5-6-19(8-13(19)7-16)17-21-9-14(20)10-22-17/h9-10,12-13,15-16H,3-8,11H2,1-2H3. The highest BCUT2D eigenvalue weighted by molar-refractivity contribution is 6.30. The van der Waals surface area contributed by atoms with Gasteiger partial charge >= 0.3 is 6.09 Å². The molecule has 0 N–H and O–H groups in total. The van der Waals surface area contributed by atoms with Gasteiger partial charge in [-0.05, 0) is 51.4 Å². The molecule has 0 aromatic carbocycles. The molecule has 5 atom stereocenters. The third-order valence-electron chi connectivity index (χ3n) is 6.45. The van der Waals surface area contributed by atoms with Gasteiger partial charge in [0.25, 0.3) is 0 Å². The number of hydrogen-bond acceptors (Lipinski definition) is 5. The van der Waals surface area contributed by atoms with Gasteiger partial charge < -0.3 is 14.4 Å². The van der Waals surface area contributed by atoms with Crippen LogP contribution in [0.1, 0.15) is 51.3 Å². The Morgan fingerprint density at radius 2 is 2.12 bits per heavy atom. The number of ether oxygens (including phenoxy) is 2. The molecule has 7 heteroatoms. The average Bonchev–Trinajstić information content (AvgIpc) is 3.27. The molecule has 0 bridgehead atoms. The van der Waals surface area contributed by atoms with Crippen LogP contribution in [0.5, 0.6) is 0 Å². The van der Waals surface area contributed by atoms with Crippen LogP contribution in [0.2, 0.25) is 5.02 Å². The van der Waals surface area contributed by atoms with Crippen molar-refractivity contribution in [2.24, 2.45) is 5.92 Å². The fourth-order valence-electron chi connectivity index (χ4n) is 4.87. The fraction of sp³-hybridized carbons (Fsp3) is 0.737. The number of aromatic nitrogens is 2. The number of carbonyl (C=O) groups excluding carboxylic acids is 1. The fourth-order valence-corrected chi connectivity index (χ4v) is 4.97. The van der Waals surface area contributed by atoms with Crippen molar-refractivity contribution < 1.29 is 14.3 Å². The van der Waals surface area contributed by atoms with E-state index in [4.69, 9.17) is 21.1 Å². The van der Waals surface area contributed by atoms with Crippen molar-refractivity contribution >= 4 is 17.7 Å². The molecule has 1 aromatic rings. The molecule has 6 nitrogen and oxygen atoms in total. The molecule has 5 unspecified atom stereocenters. The lowest BCUT2D eigenvalue weighted by atomic mass is 9.86. The number of nitrogens with zero attached hydrogens (tertiary/aromatic N) is 3. The van der Waals surface area contributed by atoms with Gasteiger partial charge in [-0.3, -0.25) is 0 Å². The molecule has 3 fully saturated rings. The molecule has 2 aliphatic carbocycles. The summed E-state index contributed by atoms with van der Waals surface area (Å²) in [5, 5.41) is 0.584. The van der Waals surface area contributed by atoms with E-state index in [1.807, 2.05) is 4.90 Å². The van der Waals surface area contributed by atoms with Gasteiger partial charge in [0, 0.05) is 23.9 Å². The van der Waals surface area contributed by atoms with Crippen molar-refractivity contribution in [3.63, 3.8) is 0 Å². The molecule has 2 heterocycles. The number of methoxy groups -OCH3 is 1. The zero-order chi connectivity index (χ0) is 18.3. The Labute approximate surface area is 159 Å². The van der Waals surface area contributed by atoms with Crippen LogP contribution >= 0.6 is 11.6 Å². The van der Waals surface area contributed by atoms with E-state index < -0.39 is 0 Å². The van der Waals surface area contributed by atoms with E-state index in [1.54, 1.807) is 12.4 Å². The summed E-state index contributed by atoms with van der Waals surface area (Å²) in [6, 6.07) is 0.350. The van der Waals surface area contributed by atoms with Crippen LogP contribution < -0.4 is 0 Å². The van der Waals surface area contributed by atoms with Gasteiger partial charge in [0.1, 0.15) is 5.82 Å². The first-order valence-corrected chi connectivity index (χ1v) is 9.87. The molecule has 2 saturated carbocycles. The molecule has 0 radical (unpaired) electrons. The van der Waals surface area contributed by atoms with Gasteiger partial charge in [0.15, 0.2) is 0 Å². The number of fused-ring (bicyclic) bond motifs is 1. The maximum absolute atomic E-state index is 12.0. The van der Waals surface area contributed by atoms with Gasteiger partial charge in [0.2, 0.25) is 0 Å². The number of amides is 1. The van der Waals surface area contributed by atoms with E-state index in [0.717, 1.165) is 44.3 Å². The van der Waals surface area contributed by atoms with Gasteiger partial charge in [-0.1, -0.05) is 11.6 Å². The summed E-state index contributed by atoms with van der Waals surface area (Å²) in [4.78, 5) is 22.7. The molecule has 142 valence electrons. The number of likely N-dealkylation sites (tertiary alicyclic amines) is 1. The molecule has 1 amide bonds. The highest BCUT2D eigenvalue weighted by Crippen LogP contribution is 2.61. The summed E-state index contributed by atoms with van der Waals surface area (Å²) >= 11 is 5.91. The number of halogens is 1. The first-order chi connectivity index (χ1) is 12.5. The lowest BCUT2D eigenvalue weighted by molar-refractivity contribution is -0.00747. The van der Waals surface area contributed by atoms with E-state index in [0.29, 0.717) is 17.5 Å². The topological polar surface area (TPSA) is 64.5 Å². The minimum Gasteiger partial charge on any atom is -0.453 e. The molecule has 26 heavy (non-hydrogen) atoms. The van der Waals surface area contributed by atoms with Crippen LogP contribution in [0.4, 0.5) is 4.79 Å². The monoisotopic (exact) mass is 379 g/mol. The zero-order valence-corrected chi connectivity index (χ0v) is 16.1. The van der Waals surface area contributed by atoms with Crippen molar-refractivity contribution in [3.05, 3.63) is 23.2 Å². The van der Waals surface area contributed by atoms with Gasteiger partial charge in [-0.25, -0.2) is 14.8 Å². The normalized spacial score (nSPS) is 35.9. The van der Waals surface area contributed by atoms with Crippen LogP contribution in [0, 0.1) is 5.92 Å². The minimum absolute atomic E-state index is 0.128. The lowest BCUT2D eigenvalue weighted by Crippen LogP contribution is -2.43. The summed E-state index contributed by atoms with van der Waals surface area (Å²) in [5.74, 6) is 1.54. The molecule has 1 saturated heterocycles. The van der Waals surface area contributed by atoms with E-state index in [1.165, 1.54) is 7.11 Å². The number of hydrogen-bond donors (Lipinski definition) is 0. The molecule has 0 spiro atoms. The van der Waals surface area contributed by atoms with Crippen molar-refractivity contribution in [2.45, 2.75) is 69.1 Å². The van der Waals surface area contributed by atoms with E-state index in [9.17, 15) is 4.79 Å². The second kappa shape index (κ2) is 6.97. The summed E-state index contributed by atoms with van der Waals surface area (Å²) in [5.41, 5.74) is 0.143. The van der Waals surface area contributed by atoms with Crippen LogP contribution in [-0.2, 0) is 14.9 Å². The third kappa shape index (κ3) is 3.18. The van der Waals surface area contributed by atoms with Crippen molar-refractivity contribution in [3.8, 4) is 0 Å². The predicted octanol–water partition coefficient (Wildman–Crippen LogP) is 3.58. The number of rotatable bonds is 4. The third-order valence-corrected chi connectivity index (χ3v) is 6.65. The van der Waals surface area contributed by atoms with Crippen molar-refractivity contribution in [1.82, 2.24) is 14.9 Å². The Hall–Kier alpha value is -1.40. The molecular formula is C19H26ClN3O3. The molecular weight excluding hydrogens is 354 g/mol. The quantitative estimate of drug-likeness (QED) is 0.800. The Morgan fingerprint density at radius 3 is 2.81 bits per heavy atom. The Kier molecular flexibility index (Phi) is 4.82. The van der Waals surface area contributed by atoms with Crippen LogP contribution in [-0.4, -0.2) is 52.9 Å². The molecule has 4 rings (SSSR count). The Bertz CT molecular complexity index is 670. The summed E-state index contributed by atoms with van der Waals surface area (Å²) in [6.07, 6.45) is 9.66. The van der Waals surface area contributed by atoms with Crippen molar-refractivity contribution in [2.75, 3.05) is 13.7 Å². The second-order valence-corrected chi connectivity index (χ2v) is 8.41. The van der Waals surface area contributed by atoms with Gasteiger partial charge in [-0.15, -0.1) is 0 Å². The maximum Gasteiger partial charge on any atom is 0.410 e. The van der Waals surface area contributed by atoms with Gasteiger partial charge in [0.05, 0.1) is 30.9 Å². The number of carbonyl (C=O) groups is 1. The first kappa shape index (κ1) is 18.0. The summed E-state index contributed by atoms with van der Waals surface area (Å²) in [7, 11) is 1.44. The average molecular weight is 380 g/mol. The smallest absolute Gasteiger partial charge is 0.410 e. The highest BCUT2D eigenvalue weighted by atomic mass is 35.5. The molecule has 1 aliphatic heterocycles. The first-order valence-electron chi connectivity index (χ1n) is 9.49.